The number of carbonyl (C=O) groups is 1. The van der Waals surface area contributed by atoms with Crippen molar-refractivity contribution in [2.45, 2.75) is 12.8 Å². The molecule has 0 heterocycles. The second-order valence-corrected chi connectivity index (χ2v) is 8.36. The van der Waals surface area contributed by atoms with Gasteiger partial charge >= 0.3 is 6.18 Å². The molecule has 0 aliphatic heterocycles. The standard InChI is InChI=1S/C23H14Br2F3N3O2/c24-19-8-14(9-20(25)21(19)33-13-17-5-2-1-4-16(17)11-29)12-30-31-22(32)15-6-3-7-18(10-15)23(26,27)28/h1-10,12H,13H2,(H,31,32). The third-order valence-corrected chi connectivity index (χ3v) is 5.54. The molecular weight excluding hydrogens is 567 g/mol. The minimum atomic E-state index is -4.54. The van der Waals surface area contributed by atoms with Crippen LogP contribution < -0.4 is 10.2 Å². The van der Waals surface area contributed by atoms with Crippen molar-refractivity contribution in [2.75, 3.05) is 0 Å². The van der Waals surface area contributed by atoms with Crippen molar-refractivity contribution in [3.63, 3.8) is 0 Å². The van der Waals surface area contributed by atoms with Crippen LogP contribution in [0.3, 0.4) is 0 Å². The van der Waals surface area contributed by atoms with Crippen LogP contribution in [0.1, 0.15) is 32.6 Å². The van der Waals surface area contributed by atoms with Crippen molar-refractivity contribution in [3.8, 4) is 11.8 Å². The average Bonchev–Trinajstić information content (AvgIpc) is 2.78. The summed E-state index contributed by atoms with van der Waals surface area (Å²) in [5.41, 5.74) is 2.97. The molecular formula is C23H14Br2F3N3O2. The summed E-state index contributed by atoms with van der Waals surface area (Å²) < 4.78 is 45.5. The van der Waals surface area contributed by atoms with Gasteiger partial charge in [-0.2, -0.15) is 23.5 Å². The summed E-state index contributed by atoms with van der Waals surface area (Å²) in [6.45, 7) is 0.182. The van der Waals surface area contributed by atoms with E-state index < -0.39 is 17.6 Å². The number of nitrogens with one attached hydrogen (secondary N) is 1. The Morgan fingerprint density at radius 1 is 1.09 bits per heavy atom. The van der Waals surface area contributed by atoms with E-state index in [1.807, 2.05) is 6.07 Å². The van der Waals surface area contributed by atoms with Gasteiger partial charge < -0.3 is 4.74 Å². The first-order chi connectivity index (χ1) is 15.7. The normalized spacial score (nSPS) is 11.3. The van der Waals surface area contributed by atoms with Crippen molar-refractivity contribution in [2.24, 2.45) is 5.10 Å². The van der Waals surface area contributed by atoms with Gasteiger partial charge in [0.15, 0.2) is 0 Å². The molecule has 0 spiro atoms. The summed E-state index contributed by atoms with van der Waals surface area (Å²) >= 11 is 6.83. The molecule has 1 amide bonds. The summed E-state index contributed by atoms with van der Waals surface area (Å²) in [5, 5.41) is 13.0. The molecule has 3 aromatic rings. The van der Waals surface area contributed by atoms with E-state index in [0.29, 0.717) is 25.8 Å². The molecule has 0 aliphatic rings. The number of nitriles is 1. The largest absolute Gasteiger partial charge is 0.486 e. The number of carbonyl (C=O) groups excluding carboxylic acids is 1. The molecule has 0 fully saturated rings. The van der Waals surface area contributed by atoms with Crippen molar-refractivity contribution < 1.29 is 22.7 Å². The molecule has 3 rings (SSSR count). The molecule has 0 atom stereocenters. The van der Waals surface area contributed by atoms with Gasteiger partial charge in [0, 0.05) is 11.1 Å². The summed E-state index contributed by atoms with van der Waals surface area (Å²) in [4.78, 5) is 12.1. The van der Waals surface area contributed by atoms with E-state index >= 15 is 0 Å². The lowest BCUT2D eigenvalue weighted by Gasteiger charge is -2.12. The third-order valence-electron chi connectivity index (χ3n) is 4.36. The smallest absolute Gasteiger partial charge is 0.416 e. The maximum atomic E-state index is 12.8. The fourth-order valence-corrected chi connectivity index (χ4v) is 4.21. The lowest BCUT2D eigenvalue weighted by atomic mass is 10.1. The molecule has 0 saturated heterocycles. The van der Waals surface area contributed by atoms with E-state index in [1.165, 1.54) is 12.3 Å². The van der Waals surface area contributed by atoms with Gasteiger partial charge in [-0.25, -0.2) is 5.43 Å². The first-order valence-electron chi connectivity index (χ1n) is 9.29. The molecule has 0 saturated carbocycles. The summed E-state index contributed by atoms with van der Waals surface area (Å²) in [6.07, 6.45) is -3.20. The molecule has 0 aliphatic carbocycles. The van der Waals surface area contributed by atoms with E-state index in [1.54, 1.807) is 30.3 Å². The Bertz CT molecular complexity index is 1230. The van der Waals surface area contributed by atoms with Gasteiger partial charge in [0.1, 0.15) is 12.4 Å². The Kier molecular flexibility index (Phi) is 7.89. The molecule has 33 heavy (non-hydrogen) atoms. The van der Waals surface area contributed by atoms with E-state index in [2.05, 4.69) is 48.5 Å². The van der Waals surface area contributed by atoms with Crippen molar-refractivity contribution in [1.82, 2.24) is 5.43 Å². The van der Waals surface area contributed by atoms with Crippen molar-refractivity contribution >= 4 is 44.0 Å². The second kappa shape index (κ2) is 10.6. The predicted octanol–water partition coefficient (Wildman–Crippen LogP) is 6.44. The SMILES string of the molecule is N#Cc1ccccc1COc1c(Br)cc(C=NNC(=O)c2cccc(C(F)(F)F)c2)cc1Br. The molecule has 3 aromatic carbocycles. The molecule has 10 heteroatoms. The number of hydrogen-bond acceptors (Lipinski definition) is 4. The van der Waals surface area contributed by atoms with Crippen LogP contribution in [0.2, 0.25) is 0 Å². The van der Waals surface area contributed by atoms with Gasteiger partial charge in [0.05, 0.1) is 32.4 Å². The summed E-state index contributed by atoms with van der Waals surface area (Å²) in [5.74, 6) is -0.264. The highest BCUT2D eigenvalue weighted by Gasteiger charge is 2.30. The molecule has 0 bridgehead atoms. The van der Waals surface area contributed by atoms with Crippen LogP contribution in [0.4, 0.5) is 13.2 Å². The van der Waals surface area contributed by atoms with Crippen LogP contribution in [-0.4, -0.2) is 12.1 Å². The molecule has 5 nitrogen and oxygen atoms in total. The topological polar surface area (TPSA) is 74.5 Å². The number of benzene rings is 3. The van der Waals surface area contributed by atoms with Gasteiger partial charge in [0.2, 0.25) is 0 Å². The molecule has 1 N–H and O–H groups in total. The molecule has 0 unspecified atom stereocenters. The van der Waals surface area contributed by atoms with Crippen LogP contribution >= 0.6 is 31.9 Å². The quantitative estimate of drug-likeness (QED) is 0.269. The number of halogens is 5. The minimum absolute atomic E-state index is 0.161. The van der Waals surface area contributed by atoms with Crippen LogP contribution in [0.25, 0.3) is 0 Å². The van der Waals surface area contributed by atoms with Gasteiger partial charge in [-0.3, -0.25) is 4.79 Å². The first-order valence-corrected chi connectivity index (χ1v) is 10.9. The van der Waals surface area contributed by atoms with E-state index in [9.17, 15) is 23.2 Å². The Labute approximate surface area is 204 Å². The zero-order chi connectivity index (χ0) is 24.0. The average molecular weight is 581 g/mol. The van der Waals surface area contributed by atoms with Gasteiger partial charge in [-0.15, -0.1) is 0 Å². The van der Waals surface area contributed by atoms with Crippen LogP contribution in [0.5, 0.6) is 5.75 Å². The summed E-state index contributed by atoms with van der Waals surface area (Å²) in [7, 11) is 0. The Balaban J connectivity index is 1.67. The monoisotopic (exact) mass is 579 g/mol. The minimum Gasteiger partial charge on any atom is -0.486 e. The molecule has 0 radical (unpaired) electrons. The van der Waals surface area contributed by atoms with Gasteiger partial charge in [-0.05, 0) is 73.8 Å². The Hall–Kier alpha value is -3.16. The highest BCUT2D eigenvalue weighted by Crippen LogP contribution is 2.35. The fourth-order valence-electron chi connectivity index (χ4n) is 2.76. The first kappa shape index (κ1) is 24.5. The highest BCUT2D eigenvalue weighted by atomic mass is 79.9. The zero-order valence-electron chi connectivity index (χ0n) is 16.7. The Morgan fingerprint density at radius 2 is 1.79 bits per heavy atom. The number of nitrogens with zero attached hydrogens (tertiary/aromatic N) is 2. The summed E-state index contributed by atoms with van der Waals surface area (Å²) in [6, 6.07) is 16.7. The molecule has 168 valence electrons. The highest BCUT2D eigenvalue weighted by molar-refractivity contribution is 9.11. The number of ether oxygens (including phenoxy) is 1. The fraction of sp³-hybridized carbons (Fsp3) is 0.0870. The third kappa shape index (κ3) is 6.43. The lowest BCUT2D eigenvalue weighted by molar-refractivity contribution is -0.137. The number of alkyl halides is 3. The van der Waals surface area contributed by atoms with Crippen LogP contribution in [0, 0.1) is 11.3 Å². The van der Waals surface area contributed by atoms with Gasteiger partial charge in [0.25, 0.3) is 5.91 Å². The van der Waals surface area contributed by atoms with E-state index in [0.717, 1.165) is 23.8 Å². The van der Waals surface area contributed by atoms with Gasteiger partial charge in [-0.1, -0.05) is 24.3 Å². The maximum Gasteiger partial charge on any atom is 0.416 e. The van der Waals surface area contributed by atoms with E-state index in [4.69, 9.17) is 4.74 Å². The zero-order valence-corrected chi connectivity index (χ0v) is 19.8. The van der Waals surface area contributed by atoms with E-state index in [-0.39, 0.29) is 12.2 Å². The Morgan fingerprint density at radius 3 is 2.45 bits per heavy atom. The number of rotatable bonds is 6. The maximum absolute atomic E-state index is 12.8. The van der Waals surface area contributed by atoms with Crippen LogP contribution in [0.15, 0.2) is 74.7 Å². The molecule has 0 aromatic heterocycles. The number of hydrogen-bond donors (Lipinski definition) is 1. The number of hydrazone groups is 1. The van der Waals surface area contributed by atoms with Crippen LogP contribution in [-0.2, 0) is 12.8 Å². The predicted molar refractivity (Wildman–Crippen MR) is 124 cm³/mol. The van der Waals surface area contributed by atoms with Crippen molar-refractivity contribution in [3.05, 3.63) is 97.4 Å². The number of amides is 1. The second-order valence-electron chi connectivity index (χ2n) is 6.65. The lowest BCUT2D eigenvalue weighted by Crippen LogP contribution is -2.18. The van der Waals surface area contributed by atoms with Crippen molar-refractivity contribution in [1.29, 1.82) is 5.26 Å².